The zero-order chi connectivity index (χ0) is 20.8. The van der Waals surface area contributed by atoms with Crippen molar-refractivity contribution < 1.29 is 4.79 Å². The summed E-state index contributed by atoms with van der Waals surface area (Å²) in [6.07, 6.45) is 5.05. The van der Waals surface area contributed by atoms with Crippen molar-refractivity contribution in [3.63, 3.8) is 0 Å². The van der Waals surface area contributed by atoms with Gasteiger partial charge in [0.1, 0.15) is 5.03 Å². The predicted molar refractivity (Wildman–Crippen MR) is 120 cm³/mol. The second kappa shape index (κ2) is 9.56. The number of nitrogens with one attached hydrogen (secondary N) is 2. The van der Waals surface area contributed by atoms with Gasteiger partial charge in [0.15, 0.2) is 0 Å². The van der Waals surface area contributed by atoms with E-state index in [4.69, 9.17) is 0 Å². The lowest BCUT2D eigenvalue weighted by atomic mass is 9.93. The van der Waals surface area contributed by atoms with Crippen molar-refractivity contribution in [3.05, 3.63) is 72.2 Å². The van der Waals surface area contributed by atoms with E-state index in [1.54, 1.807) is 18.6 Å². The van der Waals surface area contributed by atoms with Crippen molar-refractivity contribution in [1.82, 2.24) is 9.97 Å². The lowest BCUT2D eigenvalue weighted by Gasteiger charge is -2.20. The largest absolute Gasteiger partial charge is 0.323 e. The Morgan fingerprint density at radius 2 is 1.55 bits per heavy atom. The summed E-state index contributed by atoms with van der Waals surface area (Å²) in [5.74, 6) is 0.641. The molecule has 0 saturated heterocycles. The van der Waals surface area contributed by atoms with Crippen LogP contribution >= 0.6 is 11.8 Å². The molecular weight excluding hydrogens is 380 g/mol. The molecule has 0 aliphatic carbocycles. The summed E-state index contributed by atoms with van der Waals surface area (Å²) >= 11 is 1.53. The number of hydrogen-bond acceptors (Lipinski definition) is 4. The molecule has 0 aliphatic heterocycles. The molecule has 0 fully saturated rings. The number of rotatable bonds is 6. The molecule has 3 rings (SSSR count). The molecule has 6 heteroatoms. The molecule has 1 heterocycles. The fraction of sp³-hybridized carbons (Fsp3) is 0.261. The predicted octanol–water partition coefficient (Wildman–Crippen LogP) is 6.52. The fourth-order valence-corrected chi connectivity index (χ4v) is 3.78. The van der Waals surface area contributed by atoms with E-state index in [0.29, 0.717) is 11.8 Å². The van der Waals surface area contributed by atoms with Crippen LogP contribution in [-0.2, 0) is 0 Å². The molecule has 3 aromatic rings. The number of amides is 2. The molecule has 0 bridgehead atoms. The van der Waals surface area contributed by atoms with Gasteiger partial charge in [-0.1, -0.05) is 57.7 Å². The lowest BCUT2D eigenvalue weighted by Crippen LogP contribution is -2.21. The first-order valence-corrected chi connectivity index (χ1v) is 10.5. The number of carbonyl (C=O) groups excluding carboxylic acids is 1. The summed E-state index contributed by atoms with van der Waals surface area (Å²) < 4.78 is 0. The highest BCUT2D eigenvalue weighted by Crippen LogP contribution is 2.32. The average Bonchev–Trinajstić information content (AvgIpc) is 2.70. The van der Waals surface area contributed by atoms with Crippen LogP contribution in [0.2, 0.25) is 0 Å². The minimum atomic E-state index is -0.241. The molecule has 1 aromatic heterocycles. The molecule has 0 atom stereocenters. The average molecular weight is 407 g/mol. The number of anilines is 2. The number of benzene rings is 2. The smallest absolute Gasteiger partial charge is 0.308 e. The van der Waals surface area contributed by atoms with Gasteiger partial charge in [0.25, 0.3) is 0 Å². The van der Waals surface area contributed by atoms with Crippen LogP contribution in [0.4, 0.5) is 16.2 Å². The Morgan fingerprint density at radius 1 is 0.897 bits per heavy atom. The third kappa shape index (κ3) is 5.57. The van der Waals surface area contributed by atoms with Gasteiger partial charge in [0, 0.05) is 28.7 Å². The SMILES string of the molecule is CC(C)c1cccc(C(C)C)c1NC(=O)Nc1ccc(Sc2cnccn2)cc1. The van der Waals surface area contributed by atoms with Crippen molar-refractivity contribution >= 4 is 29.2 Å². The van der Waals surface area contributed by atoms with Crippen LogP contribution in [0, 0.1) is 0 Å². The van der Waals surface area contributed by atoms with E-state index in [9.17, 15) is 4.79 Å². The summed E-state index contributed by atoms with van der Waals surface area (Å²) in [7, 11) is 0. The van der Waals surface area contributed by atoms with Crippen molar-refractivity contribution in [1.29, 1.82) is 0 Å². The summed E-state index contributed by atoms with van der Waals surface area (Å²) in [6, 6.07) is 13.6. The minimum absolute atomic E-state index is 0.241. The molecule has 2 aromatic carbocycles. The molecule has 2 N–H and O–H groups in total. The Morgan fingerprint density at radius 3 is 2.10 bits per heavy atom. The van der Waals surface area contributed by atoms with Crippen molar-refractivity contribution in [3.8, 4) is 0 Å². The third-order valence-electron chi connectivity index (χ3n) is 4.49. The van der Waals surface area contributed by atoms with E-state index in [1.165, 1.54) is 11.8 Å². The van der Waals surface area contributed by atoms with Crippen molar-refractivity contribution in [2.24, 2.45) is 0 Å². The monoisotopic (exact) mass is 406 g/mol. The topological polar surface area (TPSA) is 66.9 Å². The maximum Gasteiger partial charge on any atom is 0.323 e. The Balaban J connectivity index is 1.70. The van der Waals surface area contributed by atoms with Gasteiger partial charge in [-0.3, -0.25) is 4.98 Å². The molecular formula is C23H26N4OS. The van der Waals surface area contributed by atoms with Crippen LogP contribution in [0.5, 0.6) is 0 Å². The molecule has 0 spiro atoms. The highest BCUT2D eigenvalue weighted by molar-refractivity contribution is 7.99. The second-order valence-electron chi connectivity index (χ2n) is 7.37. The third-order valence-corrected chi connectivity index (χ3v) is 5.41. The van der Waals surface area contributed by atoms with Crippen LogP contribution in [0.3, 0.4) is 0 Å². The van der Waals surface area contributed by atoms with Gasteiger partial charge in [-0.15, -0.1) is 0 Å². The van der Waals surface area contributed by atoms with Crippen LogP contribution < -0.4 is 10.6 Å². The van der Waals surface area contributed by atoms with Gasteiger partial charge >= 0.3 is 6.03 Å². The van der Waals surface area contributed by atoms with Crippen LogP contribution in [0.1, 0.15) is 50.7 Å². The zero-order valence-corrected chi connectivity index (χ0v) is 18.0. The van der Waals surface area contributed by atoms with Crippen LogP contribution in [-0.4, -0.2) is 16.0 Å². The highest BCUT2D eigenvalue weighted by Gasteiger charge is 2.16. The summed E-state index contributed by atoms with van der Waals surface area (Å²) in [6.45, 7) is 8.54. The van der Waals surface area contributed by atoms with Gasteiger partial charge in [-0.2, -0.15) is 0 Å². The highest BCUT2D eigenvalue weighted by atomic mass is 32.2. The van der Waals surface area contributed by atoms with Gasteiger partial charge in [0.2, 0.25) is 0 Å². The molecule has 29 heavy (non-hydrogen) atoms. The first-order chi connectivity index (χ1) is 13.9. The first-order valence-electron chi connectivity index (χ1n) is 9.68. The summed E-state index contributed by atoms with van der Waals surface area (Å²) in [5.41, 5.74) is 3.92. The van der Waals surface area contributed by atoms with Crippen LogP contribution in [0.15, 0.2) is 71.0 Å². The Bertz CT molecular complexity index is 930. The number of nitrogens with zero attached hydrogens (tertiary/aromatic N) is 2. The normalized spacial score (nSPS) is 11.0. The molecule has 0 radical (unpaired) electrons. The number of carbonyl (C=O) groups is 1. The Hall–Kier alpha value is -2.86. The number of urea groups is 1. The van der Waals surface area contributed by atoms with Gasteiger partial charge < -0.3 is 10.6 Å². The summed E-state index contributed by atoms with van der Waals surface area (Å²) in [5, 5.41) is 6.83. The molecule has 2 amide bonds. The number of aromatic nitrogens is 2. The maximum absolute atomic E-state index is 12.7. The molecule has 0 saturated carbocycles. The number of para-hydroxylation sites is 1. The van der Waals surface area contributed by atoms with Crippen LogP contribution in [0.25, 0.3) is 0 Å². The minimum Gasteiger partial charge on any atom is -0.308 e. The standard InChI is InChI=1S/C23H26N4OS/c1-15(2)19-6-5-7-20(16(3)4)22(19)27-23(28)26-17-8-10-18(11-9-17)29-21-14-24-12-13-25-21/h5-16H,1-4H3,(H2,26,27,28). The molecule has 0 unspecified atom stereocenters. The van der Waals surface area contributed by atoms with E-state index in [1.807, 2.05) is 24.3 Å². The maximum atomic E-state index is 12.7. The Labute approximate surface area is 176 Å². The Kier molecular flexibility index (Phi) is 6.88. The van der Waals surface area contributed by atoms with E-state index < -0.39 is 0 Å². The van der Waals surface area contributed by atoms with E-state index in [2.05, 4.69) is 66.5 Å². The van der Waals surface area contributed by atoms with Gasteiger partial charge in [-0.25, -0.2) is 9.78 Å². The first kappa shape index (κ1) is 20.9. The van der Waals surface area contributed by atoms with Gasteiger partial charge in [-0.05, 0) is 47.2 Å². The van der Waals surface area contributed by atoms with Crippen molar-refractivity contribution in [2.75, 3.05) is 10.6 Å². The lowest BCUT2D eigenvalue weighted by molar-refractivity contribution is 0.262. The zero-order valence-electron chi connectivity index (χ0n) is 17.1. The molecule has 5 nitrogen and oxygen atoms in total. The second-order valence-corrected chi connectivity index (χ2v) is 8.46. The molecule has 0 aliphatic rings. The van der Waals surface area contributed by atoms with Gasteiger partial charge in [0.05, 0.1) is 6.20 Å². The molecule has 150 valence electrons. The quantitative estimate of drug-likeness (QED) is 0.489. The van der Waals surface area contributed by atoms with E-state index >= 15 is 0 Å². The van der Waals surface area contributed by atoms with E-state index in [0.717, 1.165) is 32.4 Å². The van der Waals surface area contributed by atoms with Crippen molar-refractivity contribution in [2.45, 2.75) is 49.5 Å². The summed E-state index contributed by atoms with van der Waals surface area (Å²) in [4.78, 5) is 22.0. The van der Waals surface area contributed by atoms with E-state index in [-0.39, 0.29) is 6.03 Å². The fourth-order valence-electron chi connectivity index (χ4n) is 3.04. The number of hydrogen-bond donors (Lipinski definition) is 2.